The van der Waals surface area contributed by atoms with Crippen molar-refractivity contribution < 1.29 is 48.7 Å². The number of likely N-dealkylation sites (N-methyl/N-ethyl adjacent to an activating group) is 1. The van der Waals surface area contributed by atoms with Crippen molar-refractivity contribution in [3.63, 3.8) is 0 Å². The van der Waals surface area contributed by atoms with Crippen LogP contribution in [-0.2, 0) is 40.0 Å². The Morgan fingerprint density at radius 3 is 2.22 bits per heavy atom. The minimum atomic E-state index is -1.90. The first-order valence-electron chi connectivity index (χ1n) is 17.5. The van der Waals surface area contributed by atoms with Crippen LogP contribution in [0.5, 0.6) is 0 Å². The Morgan fingerprint density at radius 1 is 1.02 bits per heavy atom. The van der Waals surface area contributed by atoms with E-state index in [0.717, 1.165) is 5.56 Å². The minimum absolute atomic E-state index is 0.171. The van der Waals surface area contributed by atoms with E-state index in [-0.39, 0.29) is 31.6 Å². The van der Waals surface area contributed by atoms with E-state index < -0.39 is 77.3 Å². The van der Waals surface area contributed by atoms with Gasteiger partial charge in [0.25, 0.3) is 0 Å². The second kappa shape index (κ2) is 17.2. The van der Waals surface area contributed by atoms with E-state index in [1.54, 1.807) is 20.8 Å². The third kappa shape index (κ3) is 9.46. The molecule has 2 heterocycles. The smallest absolute Gasteiger partial charge is 0.316 e. The standard InChI is InChI=1S/C37H60N2O10/c1-12-28-37(8,44)32(42)23(4)29(38-46-20-26-16-14-13-15-17-26)21(2)19-36(7,45-11)33(24(5)30(40)25(6)34(43)48-28)49-35-31(41)27(39(9)10)18-22(3)47-35/h13-17,21-25,27-28,31-33,35,41-42,44H,12,18-20H2,1-11H3/b38-29+/t21-,22-,23+,24+,25-,27+,28-,31-,32-,33-,35+,36+,37-/m1/s1. The Kier molecular flexibility index (Phi) is 14.4. The molecule has 12 heteroatoms. The van der Waals surface area contributed by atoms with Gasteiger partial charge < -0.3 is 44.0 Å². The van der Waals surface area contributed by atoms with Crippen molar-refractivity contribution in [1.82, 2.24) is 4.90 Å². The molecule has 1 aromatic rings. The monoisotopic (exact) mass is 692 g/mol. The first-order chi connectivity index (χ1) is 22.9. The molecule has 0 saturated carbocycles. The highest BCUT2D eigenvalue weighted by atomic mass is 16.7. The highest BCUT2D eigenvalue weighted by molar-refractivity contribution is 6.00. The van der Waals surface area contributed by atoms with Gasteiger partial charge in [-0.3, -0.25) is 9.59 Å². The molecular weight excluding hydrogens is 632 g/mol. The second-order valence-corrected chi connectivity index (χ2v) is 14.7. The first kappa shape index (κ1) is 41.0. The van der Waals surface area contributed by atoms with Gasteiger partial charge in [-0.15, -0.1) is 0 Å². The normalized spacial score (nSPS) is 41.0. The van der Waals surface area contributed by atoms with Crippen molar-refractivity contribution in [3.8, 4) is 0 Å². The van der Waals surface area contributed by atoms with Crippen LogP contribution in [0.4, 0.5) is 0 Å². The molecule has 13 atom stereocenters. The van der Waals surface area contributed by atoms with Crippen molar-refractivity contribution in [2.24, 2.45) is 28.8 Å². The highest BCUT2D eigenvalue weighted by Crippen LogP contribution is 2.38. The minimum Gasteiger partial charge on any atom is -0.459 e. The third-order valence-electron chi connectivity index (χ3n) is 10.6. The molecular formula is C37H60N2O10. The van der Waals surface area contributed by atoms with Crippen LogP contribution in [0.25, 0.3) is 0 Å². The molecule has 2 aliphatic rings. The van der Waals surface area contributed by atoms with E-state index in [2.05, 4.69) is 5.16 Å². The maximum Gasteiger partial charge on any atom is 0.316 e. The number of ether oxygens (including phenoxy) is 4. The van der Waals surface area contributed by atoms with E-state index in [1.165, 1.54) is 21.0 Å². The summed E-state index contributed by atoms with van der Waals surface area (Å²) in [5.41, 5.74) is -1.77. The molecule has 12 nitrogen and oxygen atoms in total. The lowest BCUT2D eigenvalue weighted by Gasteiger charge is -2.47. The number of hydrogen-bond acceptors (Lipinski definition) is 12. The van der Waals surface area contributed by atoms with Crippen molar-refractivity contribution in [2.75, 3.05) is 21.2 Å². The van der Waals surface area contributed by atoms with Crippen LogP contribution in [0.1, 0.15) is 80.2 Å². The lowest BCUT2D eigenvalue weighted by Crippen LogP contribution is -2.60. The van der Waals surface area contributed by atoms with E-state index in [1.807, 2.05) is 70.1 Å². The van der Waals surface area contributed by atoms with E-state index in [4.69, 9.17) is 23.8 Å². The SMILES string of the molecule is CC[C@H]1OC(=O)[C@H](C)C(=O)[C@H](C)[C@@H](O[C@@H]2O[C@H](C)C[C@H](N(C)C)[C@H]2O)[C@@](C)(OC)C[C@@H](C)/C(=N\OCc2ccccc2)[C@H](C)[C@@H](O)[C@]1(C)O. The number of benzene rings is 1. The zero-order valence-electron chi connectivity index (χ0n) is 31.2. The summed E-state index contributed by atoms with van der Waals surface area (Å²) in [5, 5.41) is 39.3. The van der Waals surface area contributed by atoms with Gasteiger partial charge in [0, 0.05) is 30.9 Å². The number of rotatable bonds is 8. The molecule has 0 radical (unpaired) electrons. The zero-order chi connectivity index (χ0) is 36.8. The van der Waals surface area contributed by atoms with Crippen LogP contribution in [0.2, 0.25) is 0 Å². The molecule has 0 aromatic heterocycles. The third-order valence-corrected chi connectivity index (χ3v) is 10.6. The van der Waals surface area contributed by atoms with Crippen molar-refractivity contribution in [3.05, 3.63) is 35.9 Å². The second-order valence-electron chi connectivity index (χ2n) is 14.7. The average molecular weight is 693 g/mol. The van der Waals surface area contributed by atoms with E-state index in [9.17, 15) is 24.9 Å². The van der Waals surface area contributed by atoms with Gasteiger partial charge in [0.15, 0.2) is 12.1 Å². The predicted molar refractivity (Wildman–Crippen MR) is 184 cm³/mol. The Morgan fingerprint density at radius 2 is 1.65 bits per heavy atom. The Bertz CT molecular complexity index is 1260. The number of aliphatic hydroxyl groups excluding tert-OH is 2. The maximum absolute atomic E-state index is 14.1. The zero-order valence-corrected chi connectivity index (χ0v) is 31.2. The number of ketones is 1. The molecule has 2 aliphatic heterocycles. The number of oxime groups is 1. The van der Waals surface area contributed by atoms with Crippen molar-refractivity contribution in [2.45, 2.75) is 135 Å². The number of Topliss-reactive ketones (excluding diaryl/α,β-unsaturated/α-hetero) is 1. The summed E-state index contributed by atoms with van der Waals surface area (Å²) in [5.74, 6) is -4.65. The largest absolute Gasteiger partial charge is 0.459 e. The topological polar surface area (TPSA) is 157 Å². The molecule has 0 spiro atoms. The van der Waals surface area contributed by atoms with Gasteiger partial charge in [0.1, 0.15) is 30.3 Å². The Balaban J connectivity index is 2.14. The summed E-state index contributed by atoms with van der Waals surface area (Å²) in [4.78, 5) is 35.3. The van der Waals surface area contributed by atoms with Crippen LogP contribution in [0.3, 0.4) is 0 Å². The number of esters is 1. The summed E-state index contributed by atoms with van der Waals surface area (Å²) in [6.07, 6.45) is -4.94. The van der Waals surface area contributed by atoms with Crippen molar-refractivity contribution >= 4 is 17.5 Å². The molecule has 278 valence electrons. The van der Waals surface area contributed by atoms with Crippen LogP contribution in [0.15, 0.2) is 35.5 Å². The van der Waals surface area contributed by atoms with Crippen LogP contribution >= 0.6 is 0 Å². The molecule has 0 amide bonds. The predicted octanol–water partition coefficient (Wildman–Crippen LogP) is 3.73. The van der Waals surface area contributed by atoms with Gasteiger partial charge in [-0.2, -0.15) is 0 Å². The highest BCUT2D eigenvalue weighted by Gasteiger charge is 2.51. The first-order valence-corrected chi connectivity index (χ1v) is 17.5. The molecule has 1 aromatic carbocycles. The quantitative estimate of drug-likeness (QED) is 0.207. The summed E-state index contributed by atoms with van der Waals surface area (Å²) in [6.45, 7) is 13.8. The van der Waals surface area contributed by atoms with E-state index >= 15 is 0 Å². The lowest BCUT2D eigenvalue weighted by atomic mass is 9.74. The number of carbonyl (C=O) groups is 2. The van der Waals surface area contributed by atoms with Crippen LogP contribution in [-0.4, -0.2) is 113 Å². The van der Waals surface area contributed by atoms with Gasteiger partial charge in [-0.25, -0.2) is 0 Å². The molecule has 2 saturated heterocycles. The fourth-order valence-corrected chi connectivity index (χ4v) is 7.37. The lowest BCUT2D eigenvalue weighted by molar-refractivity contribution is -0.295. The van der Waals surface area contributed by atoms with E-state index in [0.29, 0.717) is 12.1 Å². The number of cyclic esters (lactones) is 1. The summed E-state index contributed by atoms with van der Waals surface area (Å²) in [7, 11) is 5.27. The number of nitrogens with zero attached hydrogens (tertiary/aromatic N) is 2. The average Bonchev–Trinajstić information content (AvgIpc) is 3.06. The summed E-state index contributed by atoms with van der Waals surface area (Å²) >= 11 is 0. The van der Waals surface area contributed by atoms with Crippen molar-refractivity contribution in [1.29, 1.82) is 0 Å². The maximum atomic E-state index is 14.1. The number of methoxy groups -OCH3 is 1. The van der Waals surface area contributed by atoms with Crippen LogP contribution in [0, 0.1) is 23.7 Å². The summed E-state index contributed by atoms with van der Waals surface area (Å²) in [6, 6.07) is 9.25. The van der Waals surface area contributed by atoms with Gasteiger partial charge in [-0.1, -0.05) is 63.2 Å². The Hall–Kier alpha value is -2.45. The fourth-order valence-electron chi connectivity index (χ4n) is 7.37. The van der Waals surface area contributed by atoms with Gasteiger partial charge in [0.2, 0.25) is 0 Å². The molecule has 3 rings (SSSR count). The van der Waals surface area contributed by atoms with Crippen LogP contribution < -0.4 is 0 Å². The van der Waals surface area contributed by atoms with Gasteiger partial charge >= 0.3 is 5.97 Å². The molecule has 3 N–H and O–H groups in total. The molecule has 0 bridgehead atoms. The number of aliphatic hydroxyl groups is 3. The molecule has 0 aliphatic carbocycles. The van der Waals surface area contributed by atoms with Gasteiger partial charge in [-0.05, 0) is 66.6 Å². The number of carbonyl (C=O) groups excluding carboxylic acids is 2. The summed E-state index contributed by atoms with van der Waals surface area (Å²) < 4.78 is 24.7. The number of hydrogen-bond donors (Lipinski definition) is 3. The van der Waals surface area contributed by atoms with Gasteiger partial charge in [0.05, 0.1) is 29.6 Å². The Labute approximate surface area is 292 Å². The molecule has 2 fully saturated rings. The fraction of sp³-hybridized carbons (Fsp3) is 0.757. The molecule has 0 unspecified atom stereocenters. The molecule has 49 heavy (non-hydrogen) atoms.